The number of pyridine rings is 1. The van der Waals surface area contributed by atoms with E-state index in [0.29, 0.717) is 32.8 Å². The van der Waals surface area contributed by atoms with Gasteiger partial charge in [-0.3, -0.25) is 14.7 Å². The van der Waals surface area contributed by atoms with Gasteiger partial charge >= 0.3 is 0 Å². The van der Waals surface area contributed by atoms with E-state index >= 15 is 0 Å². The average molecular weight is 430 g/mol. The minimum atomic E-state index is -0.169. The van der Waals surface area contributed by atoms with E-state index in [4.69, 9.17) is 22.2 Å². The van der Waals surface area contributed by atoms with Crippen LogP contribution in [0.1, 0.15) is 16.7 Å². The van der Waals surface area contributed by atoms with Crippen molar-refractivity contribution in [3.05, 3.63) is 94.7 Å². The molecule has 146 valence electrons. The van der Waals surface area contributed by atoms with Gasteiger partial charge in [-0.25, -0.2) is 0 Å². The summed E-state index contributed by atoms with van der Waals surface area (Å²) >= 11 is 6.65. The second kappa shape index (κ2) is 8.91. The van der Waals surface area contributed by atoms with Gasteiger partial charge < -0.3 is 4.74 Å². The molecule has 1 saturated heterocycles. The van der Waals surface area contributed by atoms with Crippen molar-refractivity contribution in [1.29, 1.82) is 5.26 Å². The van der Waals surface area contributed by atoms with E-state index in [0.717, 1.165) is 11.1 Å². The molecule has 30 heavy (non-hydrogen) atoms. The maximum atomic E-state index is 12.8. The summed E-state index contributed by atoms with van der Waals surface area (Å²) < 4.78 is 6.34. The number of thioether (sulfide) groups is 1. The summed E-state index contributed by atoms with van der Waals surface area (Å²) in [6.07, 6.45) is 5.07. The maximum absolute atomic E-state index is 12.8. The molecule has 2 heterocycles. The van der Waals surface area contributed by atoms with Gasteiger partial charge in [0.05, 0.1) is 28.4 Å². The van der Waals surface area contributed by atoms with Crippen molar-refractivity contribution in [1.82, 2.24) is 4.98 Å². The Bertz CT molecular complexity index is 1190. The topological polar surface area (TPSA) is 66.2 Å². The first kappa shape index (κ1) is 19.8. The second-order valence-electron chi connectivity index (χ2n) is 6.40. The Kier molecular flexibility index (Phi) is 5.89. The zero-order valence-electron chi connectivity index (χ0n) is 15.7. The van der Waals surface area contributed by atoms with Crippen LogP contribution in [0.25, 0.3) is 6.08 Å². The molecule has 0 unspecified atom stereocenters. The van der Waals surface area contributed by atoms with E-state index in [9.17, 15) is 4.79 Å². The number of benzene rings is 2. The third-order valence-corrected chi connectivity index (χ3v) is 5.62. The number of rotatable bonds is 5. The zero-order valence-corrected chi connectivity index (χ0v) is 17.3. The number of ether oxygens (including phenoxy) is 1. The molecule has 0 bridgehead atoms. The van der Waals surface area contributed by atoms with Crippen molar-refractivity contribution in [2.45, 2.75) is 6.61 Å². The lowest BCUT2D eigenvalue weighted by atomic mass is 10.1. The van der Waals surface area contributed by atoms with Crippen LogP contribution in [0.3, 0.4) is 0 Å². The highest BCUT2D eigenvalue weighted by atomic mass is 32.2. The molecule has 0 aliphatic carbocycles. The summed E-state index contributed by atoms with van der Waals surface area (Å²) in [7, 11) is 0. The molecule has 1 aromatic heterocycles. The highest BCUT2D eigenvalue weighted by Gasteiger charge is 2.33. The van der Waals surface area contributed by atoms with Crippen LogP contribution in [0.2, 0.25) is 0 Å². The van der Waals surface area contributed by atoms with Crippen LogP contribution >= 0.6 is 24.0 Å². The van der Waals surface area contributed by atoms with Crippen LogP contribution in [0.5, 0.6) is 5.75 Å². The lowest BCUT2D eigenvalue weighted by molar-refractivity contribution is -0.113. The molecule has 3 aromatic rings. The largest absolute Gasteiger partial charge is 0.489 e. The van der Waals surface area contributed by atoms with Crippen molar-refractivity contribution in [2.24, 2.45) is 0 Å². The molecule has 1 amide bonds. The average Bonchev–Trinajstić information content (AvgIpc) is 3.06. The van der Waals surface area contributed by atoms with Gasteiger partial charge in [-0.2, -0.15) is 5.26 Å². The summed E-state index contributed by atoms with van der Waals surface area (Å²) in [6, 6.07) is 20.5. The number of nitrogens with zero attached hydrogens (tertiary/aromatic N) is 3. The number of aromatic nitrogens is 1. The smallest absolute Gasteiger partial charge is 0.270 e. The number of nitriles is 1. The molecule has 0 saturated carbocycles. The predicted molar refractivity (Wildman–Crippen MR) is 122 cm³/mol. The summed E-state index contributed by atoms with van der Waals surface area (Å²) in [6.45, 7) is 0.349. The maximum Gasteiger partial charge on any atom is 0.270 e. The molecular weight excluding hydrogens is 414 g/mol. The van der Waals surface area contributed by atoms with Gasteiger partial charge in [-0.15, -0.1) is 0 Å². The van der Waals surface area contributed by atoms with Crippen LogP contribution in [-0.4, -0.2) is 15.2 Å². The first-order valence-corrected chi connectivity index (χ1v) is 10.3. The van der Waals surface area contributed by atoms with E-state index in [1.54, 1.807) is 42.7 Å². The molecule has 2 aromatic carbocycles. The SMILES string of the molecule is N#Cc1cccc(COc2cccc(/C=C3\SC(=S)N(c4cccnc4)C3=O)c2)c1. The molecule has 1 aliphatic rings. The first-order chi connectivity index (χ1) is 14.6. The van der Waals surface area contributed by atoms with Crippen LogP contribution in [-0.2, 0) is 11.4 Å². The quantitative estimate of drug-likeness (QED) is 0.423. The van der Waals surface area contributed by atoms with E-state index < -0.39 is 0 Å². The second-order valence-corrected chi connectivity index (χ2v) is 8.08. The van der Waals surface area contributed by atoms with Gasteiger partial charge in [0.15, 0.2) is 4.32 Å². The number of hydrogen-bond donors (Lipinski definition) is 0. The zero-order chi connectivity index (χ0) is 20.9. The minimum absolute atomic E-state index is 0.169. The monoisotopic (exact) mass is 429 g/mol. The Morgan fingerprint density at radius 2 is 2.03 bits per heavy atom. The number of carbonyl (C=O) groups excluding carboxylic acids is 1. The Balaban J connectivity index is 1.50. The molecule has 1 aliphatic heterocycles. The Labute approximate surface area is 183 Å². The summed E-state index contributed by atoms with van der Waals surface area (Å²) in [5, 5.41) is 9.01. The van der Waals surface area contributed by atoms with Crippen LogP contribution in [0.4, 0.5) is 5.69 Å². The lowest BCUT2D eigenvalue weighted by Crippen LogP contribution is -2.27. The van der Waals surface area contributed by atoms with Crippen molar-refractivity contribution in [2.75, 3.05) is 4.90 Å². The Morgan fingerprint density at radius 3 is 2.83 bits per heavy atom. The Hall–Kier alpha value is -3.47. The standard InChI is InChI=1S/C23H15N3O2S2/c24-13-17-5-1-6-18(10-17)15-28-20-8-2-4-16(11-20)12-21-22(27)26(23(29)30-21)19-7-3-9-25-14-19/h1-12,14H,15H2/b21-12-. The number of anilines is 1. The predicted octanol–water partition coefficient (Wildman–Crippen LogP) is 4.94. The van der Waals surface area contributed by atoms with Crippen molar-refractivity contribution < 1.29 is 9.53 Å². The van der Waals surface area contributed by atoms with Crippen molar-refractivity contribution in [3.63, 3.8) is 0 Å². The molecular formula is C23H15N3O2S2. The third-order valence-electron chi connectivity index (χ3n) is 4.32. The van der Waals surface area contributed by atoms with Gasteiger partial charge in [0.25, 0.3) is 5.91 Å². The summed E-state index contributed by atoms with van der Waals surface area (Å²) in [5.41, 5.74) is 3.00. The number of amides is 1. The molecule has 4 rings (SSSR count). The fourth-order valence-electron chi connectivity index (χ4n) is 2.92. The Morgan fingerprint density at radius 1 is 1.17 bits per heavy atom. The third kappa shape index (κ3) is 4.40. The van der Waals surface area contributed by atoms with Gasteiger partial charge in [-0.05, 0) is 53.6 Å². The lowest BCUT2D eigenvalue weighted by Gasteiger charge is -2.13. The minimum Gasteiger partial charge on any atom is -0.489 e. The molecule has 0 spiro atoms. The summed E-state index contributed by atoms with van der Waals surface area (Å²) in [4.78, 5) is 18.9. The van der Waals surface area contributed by atoms with Gasteiger partial charge in [0.2, 0.25) is 0 Å². The molecule has 0 N–H and O–H groups in total. The van der Waals surface area contributed by atoms with Crippen LogP contribution in [0, 0.1) is 11.3 Å². The molecule has 0 radical (unpaired) electrons. The molecule has 5 nitrogen and oxygen atoms in total. The molecule has 0 atom stereocenters. The van der Waals surface area contributed by atoms with Crippen molar-refractivity contribution in [3.8, 4) is 11.8 Å². The first-order valence-electron chi connectivity index (χ1n) is 9.04. The number of carbonyl (C=O) groups is 1. The number of hydrogen-bond acceptors (Lipinski definition) is 6. The van der Waals surface area contributed by atoms with E-state index in [2.05, 4.69) is 11.1 Å². The highest BCUT2D eigenvalue weighted by molar-refractivity contribution is 8.27. The number of thiocarbonyl (C=S) groups is 1. The van der Waals surface area contributed by atoms with Crippen LogP contribution < -0.4 is 9.64 Å². The van der Waals surface area contributed by atoms with E-state index in [1.165, 1.54) is 16.7 Å². The fraction of sp³-hybridized carbons (Fsp3) is 0.0435. The highest BCUT2D eigenvalue weighted by Crippen LogP contribution is 2.35. The molecule has 1 fully saturated rings. The molecule has 7 heteroatoms. The van der Waals surface area contributed by atoms with E-state index in [1.807, 2.05) is 36.4 Å². The van der Waals surface area contributed by atoms with Gasteiger partial charge in [-0.1, -0.05) is 48.2 Å². The summed E-state index contributed by atoms with van der Waals surface area (Å²) in [5.74, 6) is 0.506. The van der Waals surface area contributed by atoms with Gasteiger partial charge in [0, 0.05) is 6.20 Å². The fourth-order valence-corrected chi connectivity index (χ4v) is 4.22. The normalized spacial score (nSPS) is 14.8. The van der Waals surface area contributed by atoms with Crippen molar-refractivity contribution >= 4 is 46.0 Å². The van der Waals surface area contributed by atoms with Crippen LogP contribution in [0.15, 0.2) is 78.0 Å². The van der Waals surface area contributed by atoms with E-state index in [-0.39, 0.29) is 5.91 Å². The van der Waals surface area contributed by atoms with Gasteiger partial charge in [0.1, 0.15) is 12.4 Å².